The Balaban J connectivity index is 2.72. The van der Waals surface area contributed by atoms with Gasteiger partial charge in [-0.15, -0.1) is 11.8 Å². The molecule has 2 atom stereocenters. The molecule has 0 aliphatic carbocycles. The van der Waals surface area contributed by atoms with Gasteiger partial charge in [0, 0.05) is 22.3 Å². The Labute approximate surface area is 99.6 Å². The van der Waals surface area contributed by atoms with E-state index in [-0.39, 0.29) is 5.25 Å². The van der Waals surface area contributed by atoms with Crippen LogP contribution < -0.4 is 5.32 Å². The van der Waals surface area contributed by atoms with E-state index in [4.69, 9.17) is 0 Å². The van der Waals surface area contributed by atoms with Gasteiger partial charge in [-0.25, -0.2) is 8.78 Å². The van der Waals surface area contributed by atoms with Crippen molar-refractivity contribution in [2.45, 2.75) is 36.5 Å². The lowest BCUT2D eigenvalue weighted by Gasteiger charge is -2.21. The van der Waals surface area contributed by atoms with E-state index >= 15 is 0 Å². The topological polar surface area (TPSA) is 12.0 Å². The molecule has 90 valence electrons. The summed E-state index contributed by atoms with van der Waals surface area (Å²) in [5.41, 5.74) is 0. The van der Waals surface area contributed by atoms with Crippen LogP contribution in [-0.2, 0) is 0 Å². The minimum atomic E-state index is -0.532. The summed E-state index contributed by atoms with van der Waals surface area (Å²) in [5, 5.41) is 3.43. The molecule has 0 amide bonds. The Bertz CT molecular complexity index is 340. The highest BCUT2D eigenvalue weighted by atomic mass is 32.2. The molecule has 0 aromatic heterocycles. The molecule has 0 bridgehead atoms. The number of halogens is 2. The van der Waals surface area contributed by atoms with Crippen molar-refractivity contribution in [3.63, 3.8) is 0 Å². The number of hydrogen-bond donors (Lipinski definition) is 1. The van der Waals surface area contributed by atoms with Gasteiger partial charge in [-0.05, 0) is 25.6 Å². The third kappa shape index (κ3) is 3.46. The summed E-state index contributed by atoms with van der Waals surface area (Å²) in [5.74, 6) is -1.02. The second-order valence-electron chi connectivity index (χ2n) is 3.70. The fourth-order valence-corrected chi connectivity index (χ4v) is 2.84. The van der Waals surface area contributed by atoms with Crippen molar-refractivity contribution < 1.29 is 8.78 Å². The largest absolute Gasteiger partial charge is 0.316 e. The Morgan fingerprint density at radius 1 is 1.38 bits per heavy atom. The van der Waals surface area contributed by atoms with Crippen LogP contribution in [0.25, 0.3) is 0 Å². The third-order valence-corrected chi connectivity index (χ3v) is 3.87. The van der Waals surface area contributed by atoms with Gasteiger partial charge in [-0.1, -0.05) is 13.8 Å². The first-order chi connectivity index (χ1) is 7.58. The zero-order valence-corrected chi connectivity index (χ0v) is 10.6. The Kier molecular flexibility index (Phi) is 5.22. The van der Waals surface area contributed by atoms with E-state index in [9.17, 15) is 8.78 Å². The molecule has 1 rings (SSSR count). The third-order valence-electron chi connectivity index (χ3n) is 2.58. The van der Waals surface area contributed by atoms with E-state index in [2.05, 4.69) is 12.2 Å². The van der Waals surface area contributed by atoms with E-state index in [1.807, 2.05) is 14.0 Å². The SMILES string of the molecule is CCC(NC)C(C)Sc1ccc(F)cc1F. The number of thioether (sulfide) groups is 1. The number of rotatable bonds is 5. The minimum Gasteiger partial charge on any atom is -0.316 e. The normalized spacial score (nSPS) is 14.8. The Hall–Kier alpha value is -0.610. The highest BCUT2D eigenvalue weighted by Gasteiger charge is 2.16. The number of benzene rings is 1. The van der Waals surface area contributed by atoms with Crippen molar-refractivity contribution in [1.29, 1.82) is 0 Å². The molecule has 0 heterocycles. The summed E-state index contributed by atoms with van der Waals surface area (Å²) >= 11 is 1.43. The lowest BCUT2D eigenvalue weighted by Crippen LogP contribution is -2.33. The summed E-state index contributed by atoms with van der Waals surface area (Å²) in [7, 11) is 1.90. The molecule has 0 aliphatic heterocycles. The fraction of sp³-hybridized carbons (Fsp3) is 0.500. The molecule has 1 aromatic rings. The van der Waals surface area contributed by atoms with Gasteiger partial charge in [0.2, 0.25) is 0 Å². The molecular weight excluding hydrogens is 228 g/mol. The molecule has 2 unspecified atom stereocenters. The van der Waals surface area contributed by atoms with Crippen molar-refractivity contribution in [3.8, 4) is 0 Å². The molecule has 0 fully saturated rings. The predicted molar refractivity (Wildman–Crippen MR) is 64.8 cm³/mol. The van der Waals surface area contributed by atoms with E-state index in [0.29, 0.717) is 10.9 Å². The fourth-order valence-electron chi connectivity index (χ4n) is 1.62. The van der Waals surface area contributed by atoms with Gasteiger partial charge < -0.3 is 5.32 Å². The lowest BCUT2D eigenvalue weighted by molar-refractivity contribution is 0.538. The van der Waals surface area contributed by atoms with Crippen LogP contribution in [0.15, 0.2) is 23.1 Å². The summed E-state index contributed by atoms with van der Waals surface area (Å²) in [6, 6.07) is 4.04. The summed E-state index contributed by atoms with van der Waals surface area (Å²) in [6.07, 6.45) is 0.980. The molecular formula is C12H17F2NS. The zero-order chi connectivity index (χ0) is 12.1. The average Bonchev–Trinajstić information content (AvgIpc) is 2.24. The van der Waals surface area contributed by atoms with Gasteiger partial charge in [0.1, 0.15) is 11.6 Å². The van der Waals surface area contributed by atoms with Crippen LogP contribution in [0.2, 0.25) is 0 Å². The highest BCUT2D eigenvalue weighted by Crippen LogP contribution is 2.28. The smallest absolute Gasteiger partial charge is 0.139 e. The monoisotopic (exact) mass is 245 g/mol. The first-order valence-corrected chi connectivity index (χ1v) is 6.25. The van der Waals surface area contributed by atoms with Gasteiger partial charge in [-0.3, -0.25) is 0 Å². The van der Waals surface area contributed by atoms with Crippen LogP contribution in [0.4, 0.5) is 8.78 Å². The standard InChI is InChI=1S/C12H17F2NS/c1-4-11(15-3)8(2)16-12-6-5-9(13)7-10(12)14/h5-8,11,15H,4H2,1-3H3. The van der Waals surface area contributed by atoms with E-state index in [0.717, 1.165) is 12.5 Å². The van der Waals surface area contributed by atoms with Crippen molar-refractivity contribution in [3.05, 3.63) is 29.8 Å². The van der Waals surface area contributed by atoms with E-state index in [1.54, 1.807) is 0 Å². The van der Waals surface area contributed by atoms with Gasteiger partial charge in [0.05, 0.1) is 0 Å². The van der Waals surface area contributed by atoms with Gasteiger partial charge in [-0.2, -0.15) is 0 Å². The van der Waals surface area contributed by atoms with Crippen molar-refractivity contribution in [1.82, 2.24) is 5.32 Å². The quantitative estimate of drug-likeness (QED) is 0.797. The molecule has 0 aliphatic rings. The van der Waals surface area contributed by atoms with Crippen LogP contribution in [0.5, 0.6) is 0 Å². The maximum Gasteiger partial charge on any atom is 0.139 e. The second kappa shape index (κ2) is 6.21. The van der Waals surface area contributed by atoms with Crippen LogP contribution in [0, 0.1) is 11.6 Å². The van der Waals surface area contributed by atoms with Crippen molar-refractivity contribution >= 4 is 11.8 Å². The molecule has 0 saturated carbocycles. The van der Waals surface area contributed by atoms with Crippen molar-refractivity contribution in [2.75, 3.05) is 7.05 Å². The number of nitrogens with one attached hydrogen (secondary N) is 1. The lowest BCUT2D eigenvalue weighted by atomic mass is 10.2. The molecule has 1 aromatic carbocycles. The molecule has 16 heavy (non-hydrogen) atoms. The number of hydrogen-bond acceptors (Lipinski definition) is 2. The first kappa shape index (κ1) is 13.5. The first-order valence-electron chi connectivity index (χ1n) is 5.37. The molecule has 1 nitrogen and oxygen atoms in total. The summed E-state index contributed by atoms with van der Waals surface area (Å²) in [4.78, 5) is 0.502. The summed E-state index contributed by atoms with van der Waals surface area (Å²) < 4.78 is 26.1. The van der Waals surface area contributed by atoms with Gasteiger partial charge in [0.15, 0.2) is 0 Å². The van der Waals surface area contributed by atoms with Crippen molar-refractivity contribution in [2.24, 2.45) is 0 Å². The second-order valence-corrected chi connectivity index (χ2v) is 5.12. The van der Waals surface area contributed by atoms with Gasteiger partial charge >= 0.3 is 0 Å². The minimum absolute atomic E-state index is 0.245. The van der Waals surface area contributed by atoms with Crippen LogP contribution in [-0.4, -0.2) is 18.3 Å². The van der Waals surface area contributed by atoms with Gasteiger partial charge in [0.25, 0.3) is 0 Å². The maximum absolute atomic E-state index is 13.4. The average molecular weight is 245 g/mol. The van der Waals surface area contributed by atoms with E-state index in [1.165, 1.54) is 23.9 Å². The molecule has 0 radical (unpaired) electrons. The Morgan fingerprint density at radius 2 is 2.06 bits per heavy atom. The van der Waals surface area contributed by atoms with Crippen LogP contribution >= 0.6 is 11.8 Å². The maximum atomic E-state index is 13.4. The molecule has 0 spiro atoms. The molecule has 4 heteroatoms. The zero-order valence-electron chi connectivity index (χ0n) is 9.76. The molecule has 1 N–H and O–H groups in total. The summed E-state index contributed by atoms with van der Waals surface area (Å²) in [6.45, 7) is 4.12. The molecule has 0 saturated heterocycles. The van der Waals surface area contributed by atoms with Crippen LogP contribution in [0.3, 0.4) is 0 Å². The predicted octanol–water partition coefficient (Wildman–Crippen LogP) is 3.44. The van der Waals surface area contributed by atoms with Crippen LogP contribution in [0.1, 0.15) is 20.3 Å². The highest BCUT2D eigenvalue weighted by molar-refractivity contribution is 8.00. The van der Waals surface area contributed by atoms with E-state index < -0.39 is 11.6 Å². The Morgan fingerprint density at radius 3 is 2.56 bits per heavy atom.